The lowest BCUT2D eigenvalue weighted by molar-refractivity contribution is 0.787. The molecule has 3 rings (SSSR count). The number of aromatic nitrogens is 4. The molecule has 1 aromatic carbocycles. The minimum atomic E-state index is 0.699. The maximum atomic E-state index is 4.03. The van der Waals surface area contributed by atoms with Gasteiger partial charge in [0.05, 0.1) is 5.69 Å². The Morgan fingerprint density at radius 1 is 1.21 bits per heavy atom. The lowest BCUT2D eigenvalue weighted by atomic mass is 10.2. The number of allylic oxidation sites excluding steroid dienone is 1. The van der Waals surface area contributed by atoms with E-state index in [0.717, 1.165) is 18.7 Å². The Hall–Kier alpha value is -2.17. The van der Waals surface area contributed by atoms with Gasteiger partial charge in [-0.3, -0.25) is 0 Å². The van der Waals surface area contributed by atoms with Crippen LogP contribution in [0.4, 0.5) is 5.95 Å². The van der Waals surface area contributed by atoms with E-state index in [9.17, 15) is 0 Å². The molecular weight excluding hydrogens is 238 g/mol. The molecule has 0 spiro atoms. The van der Waals surface area contributed by atoms with Gasteiger partial charge in [-0.1, -0.05) is 34.9 Å². The Morgan fingerprint density at radius 3 is 2.89 bits per heavy atom. The fourth-order valence-electron chi connectivity index (χ4n) is 2.34. The molecule has 0 radical (unpaired) electrons. The lowest BCUT2D eigenvalue weighted by Gasteiger charge is -2.07. The molecule has 0 fully saturated rings. The van der Waals surface area contributed by atoms with Gasteiger partial charge in [0.25, 0.3) is 0 Å². The third-order valence-corrected chi connectivity index (χ3v) is 3.33. The second kappa shape index (κ2) is 5.65. The summed E-state index contributed by atoms with van der Waals surface area (Å²) in [6, 6.07) is 9.91. The zero-order valence-corrected chi connectivity index (χ0v) is 10.8. The van der Waals surface area contributed by atoms with E-state index in [1.165, 1.54) is 19.3 Å². The van der Waals surface area contributed by atoms with Crippen molar-refractivity contribution in [3.8, 4) is 5.69 Å². The number of hydrogen-bond donors (Lipinski definition) is 1. The number of nitrogens with zero attached hydrogens (tertiary/aromatic N) is 4. The number of anilines is 1. The van der Waals surface area contributed by atoms with E-state index in [-0.39, 0.29) is 0 Å². The van der Waals surface area contributed by atoms with Gasteiger partial charge in [-0.2, -0.15) is 4.68 Å². The summed E-state index contributed by atoms with van der Waals surface area (Å²) in [6.07, 6.45) is 7.20. The lowest BCUT2D eigenvalue weighted by Crippen LogP contribution is -2.09. The molecule has 1 heterocycles. The summed E-state index contributed by atoms with van der Waals surface area (Å²) >= 11 is 0. The van der Waals surface area contributed by atoms with Crippen LogP contribution in [0.25, 0.3) is 5.69 Å². The molecule has 0 saturated heterocycles. The van der Waals surface area contributed by atoms with E-state index in [2.05, 4.69) is 26.9 Å². The molecule has 19 heavy (non-hydrogen) atoms. The van der Waals surface area contributed by atoms with Gasteiger partial charge in [0.1, 0.15) is 0 Å². The van der Waals surface area contributed by atoms with Crippen molar-refractivity contribution < 1.29 is 0 Å². The second-order valence-corrected chi connectivity index (χ2v) is 4.68. The van der Waals surface area contributed by atoms with Crippen molar-refractivity contribution in [2.75, 3.05) is 11.9 Å². The van der Waals surface area contributed by atoms with Crippen molar-refractivity contribution in [2.24, 2.45) is 0 Å². The van der Waals surface area contributed by atoms with Crippen LogP contribution >= 0.6 is 0 Å². The number of nitrogens with one attached hydrogen (secondary N) is 1. The van der Waals surface area contributed by atoms with E-state index < -0.39 is 0 Å². The normalized spacial score (nSPS) is 14.4. The minimum absolute atomic E-state index is 0.699. The van der Waals surface area contributed by atoms with Crippen molar-refractivity contribution in [3.05, 3.63) is 42.0 Å². The van der Waals surface area contributed by atoms with E-state index in [1.807, 2.05) is 30.3 Å². The Labute approximate surface area is 112 Å². The third-order valence-electron chi connectivity index (χ3n) is 3.33. The van der Waals surface area contributed by atoms with E-state index in [0.29, 0.717) is 5.95 Å². The molecule has 1 aromatic heterocycles. The van der Waals surface area contributed by atoms with Crippen molar-refractivity contribution in [1.82, 2.24) is 20.2 Å². The highest BCUT2D eigenvalue weighted by Gasteiger charge is 2.08. The van der Waals surface area contributed by atoms with Crippen LogP contribution in [0.3, 0.4) is 0 Å². The quantitative estimate of drug-likeness (QED) is 0.834. The van der Waals surface area contributed by atoms with Gasteiger partial charge in [0.15, 0.2) is 0 Å². The maximum Gasteiger partial charge on any atom is 0.247 e. The van der Waals surface area contributed by atoms with Crippen LogP contribution in [0.1, 0.15) is 25.7 Å². The average molecular weight is 255 g/mol. The molecule has 0 saturated carbocycles. The summed E-state index contributed by atoms with van der Waals surface area (Å²) < 4.78 is 1.73. The third kappa shape index (κ3) is 2.81. The molecule has 0 amide bonds. The predicted octanol–water partition coefficient (Wildman–Crippen LogP) is 2.57. The van der Waals surface area contributed by atoms with Crippen molar-refractivity contribution >= 4 is 5.95 Å². The second-order valence-electron chi connectivity index (χ2n) is 4.68. The van der Waals surface area contributed by atoms with Gasteiger partial charge in [-0.25, -0.2) is 0 Å². The summed E-state index contributed by atoms with van der Waals surface area (Å²) in [5.41, 5.74) is 2.52. The van der Waals surface area contributed by atoms with Gasteiger partial charge in [-0.05, 0) is 48.2 Å². The summed E-state index contributed by atoms with van der Waals surface area (Å²) in [5.74, 6) is 0.699. The van der Waals surface area contributed by atoms with Crippen molar-refractivity contribution in [1.29, 1.82) is 0 Å². The highest BCUT2D eigenvalue weighted by atomic mass is 15.6. The standard InChI is InChI=1S/C14H17N5/c1-2-8-13(9-3-1)19-14(16-17-18-19)15-11-10-12-6-4-5-7-12/h1-3,6,8-9H,4-5,7,10-11H2,(H,15,16,18). The van der Waals surface area contributed by atoms with E-state index >= 15 is 0 Å². The highest BCUT2D eigenvalue weighted by molar-refractivity contribution is 5.38. The van der Waals surface area contributed by atoms with Crippen LogP contribution in [0.5, 0.6) is 0 Å². The molecule has 1 aliphatic carbocycles. The summed E-state index contributed by atoms with van der Waals surface area (Å²) in [4.78, 5) is 0. The summed E-state index contributed by atoms with van der Waals surface area (Å²) in [6.45, 7) is 0.874. The molecule has 0 aliphatic heterocycles. The zero-order chi connectivity index (χ0) is 12.9. The fraction of sp³-hybridized carbons (Fsp3) is 0.357. The number of rotatable bonds is 5. The van der Waals surface area contributed by atoms with Crippen LogP contribution < -0.4 is 5.32 Å². The molecule has 0 atom stereocenters. The maximum absolute atomic E-state index is 4.03. The fourth-order valence-corrected chi connectivity index (χ4v) is 2.34. The predicted molar refractivity (Wildman–Crippen MR) is 74.2 cm³/mol. The minimum Gasteiger partial charge on any atom is -0.352 e. The number of benzene rings is 1. The molecule has 2 aromatic rings. The first-order valence-corrected chi connectivity index (χ1v) is 6.69. The van der Waals surface area contributed by atoms with Crippen LogP contribution in [0.2, 0.25) is 0 Å². The monoisotopic (exact) mass is 255 g/mol. The summed E-state index contributed by atoms with van der Waals surface area (Å²) in [5, 5.41) is 15.1. The smallest absolute Gasteiger partial charge is 0.247 e. The molecule has 5 nitrogen and oxygen atoms in total. The van der Waals surface area contributed by atoms with Crippen LogP contribution in [0, 0.1) is 0 Å². The molecule has 1 N–H and O–H groups in total. The SMILES string of the molecule is C1=C(CCNc2nnnn2-c2ccccc2)CCC1. The largest absolute Gasteiger partial charge is 0.352 e. The van der Waals surface area contributed by atoms with Gasteiger partial charge in [-0.15, -0.1) is 0 Å². The molecule has 5 heteroatoms. The van der Waals surface area contributed by atoms with Crippen LogP contribution in [0.15, 0.2) is 42.0 Å². The molecular formula is C14H17N5. The molecule has 1 aliphatic rings. The van der Waals surface area contributed by atoms with E-state index in [4.69, 9.17) is 0 Å². The van der Waals surface area contributed by atoms with E-state index in [1.54, 1.807) is 10.3 Å². The number of para-hydroxylation sites is 1. The van der Waals surface area contributed by atoms with Crippen molar-refractivity contribution in [3.63, 3.8) is 0 Å². The first-order valence-electron chi connectivity index (χ1n) is 6.69. The molecule has 0 bridgehead atoms. The van der Waals surface area contributed by atoms with Crippen LogP contribution in [-0.4, -0.2) is 26.8 Å². The van der Waals surface area contributed by atoms with Gasteiger partial charge >= 0.3 is 0 Å². The number of tetrazole rings is 1. The van der Waals surface area contributed by atoms with Gasteiger partial charge in [0, 0.05) is 6.54 Å². The van der Waals surface area contributed by atoms with Crippen molar-refractivity contribution in [2.45, 2.75) is 25.7 Å². The topological polar surface area (TPSA) is 55.6 Å². The first-order chi connectivity index (χ1) is 9.43. The first kappa shape index (κ1) is 11.9. The number of hydrogen-bond acceptors (Lipinski definition) is 4. The zero-order valence-electron chi connectivity index (χ0n) is 10.8. The Kier molecular flexibility index (Phi) is 3.54. The van der Waals surface area contributed by atoms with Gasteiger partial charge < -0.3 is 5.32 Å². The molecule has 0 unspecified atom stereocenters. The average Bonchev–Trinajstić information content (AvgIpc) is 3.11. The summed E-state index contributed by atoms with van der Waals surface area (Å²) in [7, 11) is 0. The highest BCUT2D eigenvalue weighted by Crippen LogP contribution is 2.20. The Balaban J connectivity index is 1.64. The Bertz CT molecular complexity index is 558. The van der Waals surface area contributed by atoms with Gasteiger partial charge in [0.2, 0.25) is 5.95 Å². The molecule has 98 valence electrons. The van der Waals surface area contributed by atoms with Crippen LogP contribution in [-0.2, 0) is 0 Å². The Morgan fingerprint density at radius 2 is 2.11 bits per heavy atom.